The van der Waals surface area contributed by atoms with E-state index in [0.717, 1.165) is 83.5 Å². The average Bonchev–Trinajstić information content (AvgIpc) is 3.34. The largest absolute Gasteiger partial charge is 0.472 e. The molecule has 0 aliphatic carbocycles. The van der Waals surface area contributed by atoms with E-state index in [1.54, 1.807) is 0 Å². The minimum atomic E-state index is -4.39. The molecule has 0 bridgehead atoms. The number of carbonyl (C=O) groups excluding carboxylic acids is 2. The Kier molecular flexibility index (Phi) is 52.3. The molecule has 0 aromatic rings. The van der Waals surface area contributed by atoms with E-state index in [4.69, 9.17) is 24.3 Å². The molecule has 398 valence electrons. The number of hydrogen-bond acceptors (Lipinski definition) is 8. The van der Waals surface area contributed by atoms with Crippen LogP contribution in [0.5, 0.6) is 0 Å². The highest BCUT2D eigenvalue weighted by Crippen LogP contribution is 2.43. The highest BCUT2D eigenvalue weighted by Gasteiger charge is 2.26. The van der Waals surface area contributed by atoms with Crippen LogP contribution in [-0.2, 0) is 32.7 Å². The van der Waals surface area contributed by atoms with Gasteiger partial charge in [-0.25, -0.2) is 4.57 Å². The van der Waals surface area contributed by atoms with E-state index < -0.39 is 26.5 Å². The molecule has 0 radical (unpaired) electrons. The zero-order valence-electron chi connectivity index (χ0n) is 44.3. The van der Waals surface area contributed by atoms with Crippen LogP contribution in [0.3, 0.4) is 0 Å². The smallest absolute Gasteiger partial charge is 0.462 e. The van der Waals surface area contributed by atoms with Gasteiger partial charge in [-0.3, -0.25) is 18.6 Å². The van der Waals surface area contributed by atoms with Crippen LogP contribution in [0.15, 0.2) is 85.1 Å². The molecule has 0 saturated heterocycles. The number of phosphoric acid groups is 1. The lowest BCUT2D eigenvalue weighted by Gasteiger charge is -2.19. The number of carbonyl (C=O) groups is 2. The van der Waals surface area contributed by atoms with Gasteiger partial charge in [-0.2, -0.15) is 0 Å². The maximum Gasteiger partial charge on any atom is 0.472 e. The summed E-state index contributed by atoms with van der Waals surface area (Å²) in [6.07, 6.45) is 70.5. The standard InChI is InChI=1S/C59H104NO8P/c1-3-5-7-9-11-13-15-17-19-21-23-25-27-28-30-31-33-35-37-39-41-43-45-47-49-51-58(61)65-55-57(56-67-69(63,64)66-54-53-60)68-59(62)52-50-48-46-44-42-40-38-36-34-32-29-26-24-22-20-18-16-14-12-10-8-6-4-2/h6,8,12,14-15,17-18,20-21,23-24,26,32,34,57H,3-5,7,9-11,13,16,19,22,25,27-31,33,35-56,60H2,1-2H3,(H,63,64)/b8-6-,14-12-,17-15-,20-18-,23-21-,26-24-,34-32-. The van der Waals surface area contributed by atoms with E-state index in [0.29, 0.717) is 6.42 Å². The monoisotopic (exact) mass is 986 g/mol. The molecule has 0 aromatic carbocycles. The lowest BCUT2D eigenvalue weighted by atomic mass is 10.0. The predicted octanol–water partition coefficient (Wildman–Crippen LogP) is 17.5. The molecule has 10 heteroatoms. The fraction of sp³-hybridized carbons (Fsp3) is 0.729. The Hall–Kier alpha value is -2.81. The molecule has 0 aromatic heterocycles. The van der Waals surface area contributed by atoms with Crippen LogP contribution in [0.1, 0.15) is 245 Å². The van der Waals surface area contributed by atoms with Gasteiger partial charge < -0.3 is 20.1 Å². The van der Waals surface area contributed by atoms with Crippen molar-refractivity contribution in [1.29, 1.82) is 0 Å². The molecule has 0 rings (SSSR count). The summed E-state index contributed by atoms with van der Waals surface area (Å²) < 4.78 is 33.0. The summed E-state index contributed by atoms with van der Waals surface area (Å²) >= 11 is 0. The third-order valence-electron chi connectivity index (χ3n) is 11.8. The molecule has 0 fully saturated rings. The van der Waals surface area contributed by atoms with Crippen molar-refractivity contribution in [2.45, 2.75) is 251 Å². The number of unbranched alkanes of at least 4 members (excludes halogenated alkanes) is 25. The molecule has 3 N–H and O–H groups in total. The molecule has 2 unspecified atom stereocenters. The zero-order valence-corrected chi connectivity index (χ0v) is 45.2. The minimum absolute atomic E-state index is 0.0477. The second kappa shape index (κ2) is 54.5. The third-order valence-corrected chi connectivity index (χ3v) is 12.7. The van der Waals surface area contributed by atoms with Gasteiger partial charge in [-0.05, 0) is 89.9 Å². The maximum absolute atomic E-state index is 12.7. The summed E-state index contributed by atoms with van der Waals surface area (Å²) in [5.41, 5.74) is 5.38. The summed E-state index contributed by atoms with van der Waals surface area (Å²) in [6.45, 7) is 3.62. The molecule has 0 heterocycles. The van der Waals surface area contributed by atoms with E-state index >= 15 is 0 Å². The Labute approximate surface area is 424 Å². The van der Waals surface area contributed by atoms with Crippen molar-refractivity contribution in [3.8, 4) is 0 Å². The number of hydrogen-bond donors (Lipinski definition) is 2. The Balaban J connectivity index is 4.03. The van der Waals surface area contributed by atoms with Crippen LogP contribution in [0, 0.1) is 0 Å². The van der Waals surface area contributed by atoms with Crippen LogP contribution in [0.4, 0.5) is 0 Å². The lowest BCUT2D eigenvalue weighted by molar-refractivity contribution is -0.161. The molecule has 0 aliphatic heterocycles. The first kappa shape index (κ1) is 66.2. The summed E-state index contributed by atoms with van der Waals surface area (Å²) in [4.78, 5) is 35.2. The molecule has 0 aliphatic rings. The van der Waals surface area contributed by atoms with Gasteiger partial charge in [0.25, 0.3) is 0 Å². The van der Waals surface area contributed by atoms with Gasteiger partial charge in [0, 0.05) is 19.4 Å². The van der Waals surface area contributed by atoms with Crippen molar-refractivity contribution in [3.63, 3.8) is 0 Å². The van der Waals surface area contributed by atoms with E-state index in [1.165, 1.54) is 128 Å². The quantitative estimate of drug-likeness (QED) is 0.0264. The number of ether oxygens (including phenoxy) is 2. The Morgan fingerprint density at radius 2 is 0.797 bits per heavy atom. The fourth-order valence-electron chi connectivity index (χ4n) is 7.63. The van der Waals surface area contributed by atoms with E-state index in [-0.39, 0.29) is 38.6 Å². The first-order valence-electron chi connectivity index (χ1n) is 28.1. The second-order valence-electron chi connectivity index (χ2n) is 18.4. The summed E-state index contributed by atoms with van der Waals surface area (Å²) in [7, 11) is -4.39. The van der Waals surface area contributed by atoms with Gasteiger partial charge in [0.05, 0.1) is 13.2 Å². The van der Waals surface area contributed by atoms with Crippen molar-refractivity contribution in [3.05, 3.63) is 85.1 Å². The van der Waals surface area contributed by atoms with Gasteiger partial charge in [0.1, 0.15) is 6.61 Å². The third kappa shape index (κ3) is 54.4. The molecule has 0 saturated carbocycles. The number of phosphoric ester groups is 1. The van der Waals surface area contributed by atoms with E-state index in [9.17, 15) is 19.0 Å². The number of allylic oxidation sites excluding steroid dienone is 14. The molecule has 0 amide bonds. The Bertz CT molecular complexity index is 1400. The van der Waals surface area contributed by atoms with Crippen molar-refractivity contribution < 1.29 is 37.6 Å². The molecular weight excluding hydrogens is 882 g/mol. The maximum atomic E-state index is 12.7. The van der Waals surface area contributed by atoms with Crippen LogP contribution in [-0.4, -0.2) is 49.3 Å². The van der Waals surface area contributed by atoms with Gasteiger partial charge in [-0.15, -0.1) is 0 Å². The van der Waals surface area contributed by atoms with Crippen LogP contribution in [0.25, 0.3) is 0 Å². The molecular formula is C59H104NO8P. The van der Waals surface area contributed by atoms with Gasteiger partial charge in [-0.1, -0.05) is 227 Å². The molecule has 69 heavy (non-hydrogen) atoms. The first-order valence-corrected chi connectivity index (χ1v) is 29.6. The van der Waals surface area contributed by atoms with Crippen LogP contribution >= 0.6 is 7.82 Å². The van der Waals surface area contributed by atoms with Crippen molar-refractivity contribution in [2.24, 2.45) is 5.73 Å². The van der Waals surface area contributed by atoms with Gasteiger partial charge in [0.2, 0.25) is 0 Å². The van der Waals surface area contributed by atoms with Crippen LogP contribution < -0.4 is 5.73 Å². The summed E-state index contributed by atoms with van der Waals surface area (Å²) in [6, 6.07) is 0. The van der Waals surface area contributed by atoms with Gasteiger partial charge in [0.15, 0.2) is 6.10 Å². The van der Waals surface area contributed by atoms with Crippen molar-refractivity contribution in [2.75, 3.05) is 26.4 Å². The van der Waals surface area contributed by atoms with E-state index in [1.807, 2.05) is 0 Å². The average molecular weight is 986 g/mol. The number of nitrogens with two attached hydrogens (primary N) is 1. The molecule has 9 nitrogen and oxygen atoms in total. The van der Waals surface area contributed by atoms with E-state index in [2.05, 4.69) is 98.9 Å². The summed E-state index contributed by atoms with van der Waals surface area (Å²) in [5, 5.41) is 0. The first-order chi connectivity index (χ1) is 33.8. The predicted molar refractivity (Wildman–Crippen MR) is 293 cm³/mol. The second-order valence-corrected chi connectivity index (χ2v) is 19.9. The zero-order chi connectivity index (χ0) is 50.2. The summed E-state index contributed by atoms with van der Waals surface area (Å²) in [5.74, 6) is -0.841. The molecule has 0 spiro atoms. The highest BCUT2D eigenvalue weighted by atomic mass is 31.2. The Morgan fingerprint density at radius 1 is 0.449 bits per heavy atom. The van der Waals surface area contributed by atoms with Crippen LogP contribution in [0.2, 0.25) is 0 Å². The highest BCUT2D eigenvalue weighted by molar-refractivity contribution is 7.47. The lowest BCUT2D eigenvalue weighted by Crippen LogP contribution is -2.29. The Morgan fingerprint density at radius 3 is 1.19 bits per heavy atom. The van der Waals surface area contributed by atoms with Gasteiger partial charge >= 0.3 is 19.8 Å². The number of rotatable bonds is 52. The SMILES string of the molecule is CC/C=C\C/C=C\C/C=C\C/C=C\C/C=C\CCCCCCCCCC(=O)OC(COC(=O)CCCCCCCCCCCCCCC/C=C\C/C=C\CCCCCCC)COP(=O)(O)OCCN. The van der Waals surface area contributed by atoms with Crippen molar-refractivity contribution >= 4 is 19.8 Å². The topological polar surface area (TPSA) is 134 Å². The minimum Gasteiger partial charge on any atom is -0.462 e. The number of esters is 2. The normalized spacial score (nSPS) is 13.7. The fourth-order valence-corrected chi connectivity index (χ4v) is 8.40. The molecule has 2 atom stereocenters. The van der Waals surface area contributed by atoms with Crippen molar-refractivity contribution in [1.82, 2.24) is 0 Å².